The van der Waals surface area contributed by atoms with Crippen LogP contribution in [-0.2, 0) is 34.1 Å². The zero-order valence-electron chi connectivity index (χ0n) is 22.2. The highest BCUT2D eigenvalue weighted by atomic mass is 35.5. The topological polar surface area (TPSA) is 168 Å². The Morgan fingerprint density at radius 3 is 2.08 bits per heavy atom. The Balaban J connectivity index is 2.01. The number of ether oxygens (including phenoxy) is 1. The Morgan fingerprint density at radius 2 is 1.50 bits per heavy atom. The fraction of sp³-hybridized carbons (Fsp3) is 0.333. The number of carbonyl (C=O) groups excluding carboxylic acids is 5. The van der Waals surface area contributed by atoms with Crippen molar-refractivity contribution in [3.8, 4) is 0 Å². The molecule has 2 aromatic carbocycles. The van der Waals surface area contributed by atoms with Crippen LogP contribution in [0.4, 0.5) is 5.69 Å². The second-order valence-corrected chi connectivity index (χ2v) is 10.6. The van der Waals surface area contributed by atoms with Gasteiger partial charge in [-0.05, 0) is 36.1 Å². The van der Waals surface area contributed by atoms with Gasteiger partial charge in [-0.15, -0.1) is 0 Å². The maximum atomic E-state index is 12.6. The van der Waals surface area contributed by atoms with E-state index in [9.17, 15) is 33.9 Å². The van der Waals surface area contributed by atoms with E-state index < -0.39 is 60.6 Å². The molecule has 0 aromatic heterocycles. The van der Waals surface area contributed by atoms with Crippen molar-refractivity contribution in [2.75, 3.05) is 11.9 Å². The maximum absolute atomic E-state index is 12.6. The van der Waals surface area contributed by atoms with Crippen LogP contribution in [0.25, 0.3) is 0 Å². The molecule has 4 N–H and O–H groups in total. The van der Waals surface area contributed by atoms with E-state index in [0.717, 1.165) is 5.56 Å². The molecule has 0 spiro atoms. The minimum absolute atomic E-state index is 0.0177. The zero-order chi connectivity index (χ0) is 30.2. The van der Waals surface area contributed by atoms with E-state index in [0.29, 0.717) is 5.69 Å². The largest absolute Gasteiger partial charge is 0.481 e. The summed E-state index contributed by atoms with van der Waals surface area (Å²) < 4.78 is 4.92. The van der Waals surface area contributed by atoms with Crippen LogP contribution in [0.1, 0.15) is 50.0 Å². The Morgan fingerprint density at radius 1 is 0.900 bits per heavy atom. The number of Topliss-reactive ketones (excluding diaryl/α,β-unsaturated/α-hetero) is 1. The van der Waals surface area contributed by atoms with E-state index in [1.54, 1.807) is 18.2 Å². The van der Waals surface area contributed by atoms with Crippen molar-refractivity contribution in [1.82, 2.24) is 10.6 Å². The molecule has 11 nitrogen and oxygen atoms in total. The number of anilines is 1. The van der Waals surface area contributed by atoms with Gasteiger partial charge in [-0.3, -0.25) is 24.0 Å². The van der Waals surface area contributed by atoms with E-state index in [1.165, 1.54) is 25.1 Å². The molecule has 0 aliphatic heterocycles. The number of nitrogens with one attached hydrogen (secondary N) is 3. The van der Waals surface area contributed by atoms with Gasteiger partial charge in [-0.2, -0.15) is 0 Å². The van der Waals surface area contributed by atoms with Crippen LogP contribution < -0.4 is 16.0 Å². The Hall–Kier alpha value is -3.96. The normalized spacial score (nSPS) is 12.4. The number of carboxylic acids is 1. The lowest BCUT2D eigenvalue weighted by atomic mass is 9.86. The molecule has 0 aliphatic carbocycles. The highest BCUT2D eigenvalue weighted by Gasteiger charge is 2.29. The number of hydrogen-bond acceptors (Lipinski definition) is 7. The molecule has 13 heteroatoms. The SMILES string of the molecule is C[C@H](NC(=O)C(=O)Nc1ccccc1C(C)(C)C)C(=O)N[C@@H](CC(=O)O)C(=O)COC(=O)c1c(Cl)cccc1Cl. The average Bonchev–Trinajstić information content (AvgIpc) is 2.86. The first kappa shape index (κ1) is 32.3. The van der Waals surface area contributed by atoms with Crippen molar-refractivity contribution < 1.29 is 38.6 Å². The molecule has 0 aliphatic rings. The summed E-state index contributed by atoms with van der Waals surface area (Å²) in [4.78, 5) is 73.8. The van der Waals surface area contributed by atoms with Crippen molar-refractivity contribution in [3.63, 3.8) is 0 Å². The summed E-state index contributed by atoms with van der Waals surface area (Å²) in [6.07, 6.45) is -0.834. The van der Waals surface area contributed by atoms with Gasteiger partial charge in [-0.1, -0.05) is 68.2 Å². The molecule has 214 valence electrons. The number of halogens is 2. The number of ketones is 1. The van der Waals surface area contributed by atoms with Crippen LogP contribution in [-0.4, -0.2) is 59.2 Å². The number of hydrogen-bond donors (Lipinski definition) is 4. The summed E-state index contributed by atoms with van der Waals surface area (Å²) in [5.74, 6) is -6.49. The quantitative estimate of drug-likeness (QED) is 0.240. The van der Waals surface area contributed by atoms with E-state index in [4.69, 9.17) is 27.9 Å². The lowest BCUT2D eigenvalue weighted by Crippen LogP contribution is -2.53. The molecule has 2 aromatic rings. The van der Waals surface area contributed by atoms with Crippen molar-refractivity contribution in [2.24, 2.45) is 0 Å². The maximum Gasteiger partial charge on any atom is 0.341 e. The minimum Gasteiger partial charge on any atom is -0.481 e. The first-order valence-corrected chi connectivity index (χ1v) is 12.7. The molecule has 0 saturated heterocycles. The van der Waals surface area contributed by atoms with E-state index in [1.807, 2.05) is 26.8 Å². The van der Waals surface area contributed by atoms with Crippen LogP contribution in [0, 0.1) is 0 Å². The summed E-state index contributed by atoms with van der Waals surface area (Å²) in [7, 11) is 0. The lowest BCUT2D eigenvalue weighted by Gasteiger charge is -2.23. The van der Waals surface area contributed by atoms with Crippen LogP contribution in [0.3, 0.4) is 0 Å². The third-order valence-electron chi connectivity index (χ3n) is 5.53. The van der Waals surface area contributed by atoms with Crippen molar-refractivity contribution in [1.29, 1.82) is 0 Å². The number of rotatable bonds is 10. The summed E-state index contributed by atoms with van der Waals surface area (Å²) in [5.41, 5.74) is 0.700. The molecular formula is C27H29Cl2N3O8. The van der Waals surface area contributed by atoms with Gasteiger partial charge in [0.05, 0.1) is 22.0 Å². The molecule has 0 heterocycles. The second kappa shape index (κ2) is 13.9. The van der Waals surface area contributed by atoms with Gasteiger partial charge in [0.25, 0.3) is 0 Å². The third-order valence-corrected chi connectivity index (χ3v) is 6.16. The van der Waals surface area contributed by atoms with Gasteiger partial charge in [-0.25, -0.2) is 4.79 Å². The van der Waals surface area contributed by atoms with Gasteiger partial charge in [0, 0.05) is 5.69 Å². The predicted octanol–water partition coefficient (Wildman–Crippen LogP) is 3.12. The van der Waals surface area contributed by atoms with Crippen molar-refractivity contribution in [2.45, 2.75) is 51.6 Å². The summed E-state index contributed by atoms with van der Waals surface area (Å²) in [5, 5.41) is 16.1. The van der Waals surface area contributed by atoms with Crippen molar-refractivity contribution >= 4 is 64.3 Å². The molecule has 0 unspecified atom stereocenters. The van der Waals surface area contributed by atoms with Crippen LogP contribution >= 0.6 is 23.2 Å². The number of esters is 1. The molecule has 2 atom stereocenters. The molecule has 3 amide bonds. The summed E-state index contributed by atoms with van der Waals surface area (Å²) >= 11 is 11.9. The molecule has 40 heavy (non-hydrogen) atoms. The minimum atomic E-state index is -1.61. The monoisotopic (exact) mass is 593 g/mol. The highest BCUT2D eigenvalue weighted by molar-refractivity contribution is 6.40. The molecule has 0 saturated carbocycles. The summed E-state index contributed by atoms with van der Waals surface area (Å²) in [6, 6.07) is 8.27. The number of amides is 3. The van der Waals surface area contributed by atoms with Gasteiger partial charge in [0.15, 0.2) is 12.4 Å². The summed E-state index contributed by atoms with van der Waals surface area (Å²) in [6.45, 7) is 6.16. The van der Waals surface area contributed by atoms with Gasteiger partial charge in [0.2, 0.25) is 5.91 Å². The Bertz CT molecular complexity index is 1300. The number of benzene rings is 2. The van der Waals surface area contributed by atoms with Crippen LogP contribution in [0.2, 0.25) is 10.0 Å². The molecule has 0 bridgehead atoms. The standard InChI is InChI=1S/C27H29Cl2N3O8/c1-14(30-24(37)25(38)31-18-11-6-5-8-15(18)27(2,3)4)23(36)32-19(12-21(34)35)20(33)13-40-26(39)22-16(28)9-7-10-17(22)29/h5-11,14,19H,12-13H2,1-4H3,(H,30,37)(H,31,38)(H,32,36)(H,34,35)/t14-,19-/m0/s1. The van der Waals surface area contributed by atoms with Gasteiger partial charge < -0.3 is 25.8 Å². The van der Waals surface area contributed by atoms with E-state index in [-0.39, 0.29) is 21.0 Å². The van der Waals surface area contributed by atoms with E-state index >= 15 is 0 Å². The van der Waals surface area contributed by atoms with Crippen molar-refractivity contribution in [3.05, 3.63) is 63.6 Å². The van der Waals surface area contributed by atoms with Gasteiger partial charge >= 0.3 is 23.8 Å². The number of aliphatic carboxylic acids is 1. The zero-order valence-corrected chi connectivity index (χ0v) is 23.7. The average molecular weight is 594 g/mol. The number of para-hydroxylation sites is 1. The molecule has 0 radical (unpaired) electrons. The number of carbonyl (C=O) groups is 6. The molecule has 0 fully saturated rings. The molecular weight excluding hydrogens is 565 g/mol. The Labute approximate surface area is 240 Å². The third kappa shape index (κ3) is 9.06. The Kier molecular flexibility index (Phi) is 11.2. The highest BCUT2D eigenvalue weighted by Crippen LogP contribution is 2.29. The van der Waals surface area contributed by atoms with Gasteiger partial charge in [0.1, 0.15) is 12.1 Å². The first-order chi connectivity index (χ1) is 18.6. The van der Waals surface area contributed by atoms with Crippen LogP contribution in [0.15, 0.2) is 42.5 Å². The number of carboxylic acid groups (broad SMARTS) is 1. The molecule has 2 rings (SSSR count). The predicted molar refractivity (Wildman–Crippen MR) is 147 cm³/mol. The second-order valence-electron chi connectivity index (χ2n) is 9.74. The fourth-order valence-electron chi connectivity index (χ4n) is 3.47. The lowest BCUT2D eigenvalue weighted by molar-refractivity contribution is -0.141. The van der Waals surface area contributed by atoms with E-state index in [2.05, 4.69) is 16.0 Å². The fourth-order valence-corrected chi connectivity index (χ4v) is 4.02. The smallest absolute Gasteiger partial charge is 0.341 e. The first-order valence-electron chi connectivity index (χ1n) is 12.0. The van der Waals surface area contributed by atoms with Crippen LogP contribution in [0.5, 0.6) is 0 Å².